The second kappa shape index (κ2) is 8.84. The van der Waals surface area contributed by atoms with Crippen LogP contribution >= 0.6 is 12.2 Å². The summed E-state index contributed by atoms with van der Waals surface area (Å²) in [6, 6.07) is 19.9. The largest absolute Gasteiger partial charge is 0.300 e. The summed E-state index contributed by atoms with van der Waals surface area (Å²) in [6.45, 7) is 5.18. The third-order valence-electron chi connectivity index (χ3n) is 5.64. The minimum absolute atomic E-state index is 0.110. The Morgan fingerprint density at radius 3 is 2.31 bits per heavy atom. The second-order valence-corrected chi connectivity index (χ2v) is 8.03. The van der Waals surface area contributed by atoms with E-state index in [0.717, 1.165) is 48.6 Å². The molecule has 1 aliphatic rings. The molecule has 1 aliphatic heterocycles. The number of rotatable bonds is 6. The van der Waals surface area contributed by atoms with Gasteiger partial charge in [0.15, 0.2) is 10.6 Å². The smallest absolute Gasteiger partial charge is 0.199 e. The van der Waals surface area contributed by atoms with E-state index in [-0.39, 0.29) is 11.7 Å². The van der Waals surface area contributed by atoms with Gasteiger partial charge in [-0.05, 0) is 37.5 Å². The number of benzene rings is 2. The molecule has 0 spiro atoms. The van der Waals surface area contributed by atoms with Gasteiger partial charge in [-0.25, -0.2) is 4.68 Å². The van der Waals surface area contributed by atoms with Crippen molar-refractivity contribution < 1.29 is 4.79 Å². The molecule has 0 unspecified atom stereocenters. The molecule has 0 N–H and O–H groups in total. The highest BCUT2D eigenvalue weighted by molar-refractivity contribution is 7.71. The quantitative estimate of drug-likeness (QED) is 0.452. The van der Waals surface area contributed by atoms with Crippen molar-refractivity contribution in [1.29, 1.82) is 0 Å². The molecule has 29 heavy (non-hydrogen) atoms. The minimum Gasteiger partial charge on any atom is -0.300 e. The van der Waals surface area contributed by atoms with Crippen molar-refractivity contribution in [3.8, 4) is 0 Å². The van der Waals surface area contributed by atoms with E-state index in [1.165, 1.54) is 5.56 Å². The summed E-state index contributed by atoms with van der Waals surface area (Å²) in [5, 5.41) is 4.67. The van der Waals surface area contributed by atoms with E-state index in [4.69, 9.17) is 12.2 Å². The van der Waals surface area contributed by atoms with Gasteiger partial charge in [0.05, 0.1) is 13.2 Å². The molecule has 4 rings (SSSR count). The van der Waals surface area contributed by atoms with Gasteiger partial charge in [0.2, 0.25) is 0 Å². The zero-order chi connectivity index (χ0) is 20.2. The van der Waals surface area contributed by atoms with Gasteiger partial charge in [-0.1, -0.05) is 60.7 Å². The molecule has 5 nitrogen and oxygen atoms in total. The first-order valence-corrected chi connectivity index (χ1v) is 10.5. The molecule has 6 heteroatoms. The molecule has 1 fully saturated rings. The fourth-order valence-electron chi connectivity index (χ4n) is 3.95. The third-order valence-corrected chi connectivity index (χ3v) is 6.07. The summed E-state index contributed by atoms with van der Waals surface area (Å²) in [5.74, 6) is 1.30. The Morgan fingerprint density at radius 1 is 1.03 bits per heavy atom. The lowest BCUT2D eigenvalue weighted by Crippen LogP contribution is -2.37. The van der Waals surface area contributed by atoms with E-state index in [1.807, 2.05) is 60.1 Å². The number of nitrogens with zero attached hydrogens (tertiary/aromatic N) is 4. The molecule has 0 amide bonds. The Bertz CT molecular complexity index is 1020. The van der Waals surface area contributed by atoms with E-state index >= 15 is 0 Å². The molecule has 150 valence electrons. The van der Waals surface area contributed by atoms with Gasteiger partial charge in [-0.15, -0.1) is 0 Å². The van der Waals surface area contributed by atoms with E-state index in [0.29, 0.717) is 6.67 Å². The molecule has 0 saturated carbocycles. The monoisotopic (exact) mass is 406 g/mol. The number of aryl methyl sites for hydroxylation is 1. The zero-order valence-electron chi connectivity index (χ0n) is 16.7. The van der Waals surface area contributed by atoms with E-state index in [1.54, 1.807) is 0 Å². The number of aromatic nitrogens is 3. The molecular formula is C23H26N4OS. The predicted molar refractivity (Wildman–Crippen MR) is 116 cm³/mol. The Morgan fingerprint density at radius 2 is 1.66 bits per heavy atom. The highest BCUT2D eigenvalue weighted by Gasteiger charge is 2.26. The number of likely N-dealkylation sites (tertiary alicyclic amines) is 1. The van der Waals surface area contributed by atoms with Crippen molar-refractivity contribution in [3.63, 3.8) is 0 Å². The van der Waals surface area contributed by atoms with Crippen molar-refractivity contribution in [2.45, 2.75) is 33.0 Å². The lowest BCUT2D eigenvalue weighted by Gasteiger charge is -2.30. The SMILES string of the molecule is Cc1nn(CN2CCC(C(=O)c3ccccc3)CC2)c(=S)n1Cc1ccccc1. The van der Waals surface area contributed by atoms with Crippen LogP contribution in [0.5, 0.6) is 0 Å². The Hall–Kier alpha value is -2.57. The van der Waals surface area contributed by atoms with Gasteiger partial charge in [0.1, 0.15) is 5.82 Å². The zero-order valence-corrected chi connectivity index (χ0v) is 17.5. The van der Waals surface area contributed by atoms with Gasteiger partial charge < -0.3 is 0 Å². The number of piperidine rings is 1. The number of hydrogen-bond donors (Lipinski definition) is 0. The summed E-state index contributed by atoms with van der Waals surface area (Å²) in [7, 11) is 0. The highest BCUT2D eigenvalue weighted by atomic mass is 32.1. The van der Waals surface area contributed by atoms with Gasteiger partial charge in [0, 0.05) is 24.6 Å². The molecule has 2 aromatic carbocycles. The van der Waals surface area contributed by atoms with Crippen LogP contribution in [0.25, 0.3) is 0 Å². The number of hydrogen-bond acceptors (Lipinski definition) is 4. The van der Waals surface area contributed by atoms with E-state index < -0.39 is 0 Å². The number of Topliss-reactive ketones (excluding diaryl/α,β-unsaturated/α-hetero) is 1. The topological polar surface area (TPSA) is 43.1 Å². The maximum Gasteiger partial charge on any atom is 0.199 e. The molecule has 0 radical (unpaired) electrons. The van der Waals surface area contributed by atoms with Crippen molar-refractivity contribution in [3.05, 3.63) is 82.4 Å². The number of ketones is 1. The standard InChI is InChI=1S/C23H26N4OS/c1-18-24-27(23(29)26(18)16-19-8-4-2-5-9-19)17-25-14-12-21(13-15-25)22(28)20-10-6-3-7-11-20/h2-11,21H,12-17H2,1H3. The van der Waals surface area contributed by atoms with Crippen LogP contribution in [0.4, 0.5) is 0 Å². The van der Waals surface area contributed by atoms with E-state index in [9.17, 15) is 4.79 Å². The van der Waals surface area contributed by atoms with Crippen LogP contribution in [0.1, 0.15) is 34.6 Å². The first-order valence-electron chi connectivity index (χ1n) is 10.1. The Labute approximate surface area is 176 Å². The minimum atomic E-state index is 0.110. The lowest BCUT2D eigenvalue weighted by atomic mass is 9.89. The van der Waals surface area contributed by atoms with Crippen molar-refractivity contribution >= 4 is 18.0 Å². The summed E-state index contributed by atoms with van der Waals surface area (Å²) >= 11 is 5.69. The van der Waals surface area contributed by atoms with Crippen LogP contribution in [0.3, 0.4) is 0 Å². The van der Waals surface area contributed by atoms with Crippen LogP contribution < -0.4 is 0 Å². The second-order valence-electron chi connectivity index (χ2n) is 7.67. The van der Waals surface area contributed by atoms with Crippen LogP contribution in [0, 0.1) is 17.6 Å². The molecular weight excluding hydrogens is 380 g/mol. The molecule has 2 heterocycles. The molecule has 0 atom stereocenters. The summed E-state index contributed by atoms with van der Waals surface area (Å²) in [4.78, 5) is 15.0. The van der Waals surface area contributed by atoms with Crippen LogP contribution in [-0.4, -0.2) is 38.1 Å². The first-order chi connectivity index (χ1) is 14.1. The maximum absolute atomic E-state index is 12.7. The highest BCUT2D eigenvalue weighted by Crippen LogP contribution is 2.22. The van der Waals surface area contributed by atoms with Crippen LogP contribution in [-0.2, 0) is 13.2 Å². The van der Waals surface area contributed by atoms with Crippen LogP contribution in [0.15, 0.2) is 60.7 Å². The van der Waals surface area contributed by atoms with Crippen molar-refractivity contribution in [2.75, 3.05) is 13.1 Å². The molecule has 1 saturated heterocycles. The number of carbonyl (C=O) groups is 1. The van der Waals surface area contributed by atoms with Gasteiger partial charge in [-0.2, -0.15) is 5.10 Å². The number of carbonyl (C=O) groups excluding carboxylic acids is 1. The maximum atomic E-state index is 12.7. The lowest BCUT2D eigenvalue weighted by molar-refractivity contribution is 0.0803. The molecule has 0 bridgehead atoms. The fraction of sp³-hybridized carbons (Fsp3) is 0.348. The third kappa shape index (κ3) is 4.54. The van der Waals surface area contributed by atoms with Gasteiger partial charge in [0.25, 0.3) is 0 Å². The predicted octanol–water partition coefficient (Wildman–Crippen LogP) is 4.32. The molecule has 0 aliphatic carbocycles. The molecule has 3 aromatic rings. The average molecular weight is 407 g/mol. The summed E-state index contributed by atoms with van der Waals surface area (Å²) in [6.07, 6.45) is 1.76. The van der Waals surface area contributed by atoms with Crippen molar-refractivity contribution in [1.82, 2.24) is 19.2 Å². The Balaban J connectivity index is 1.38. The van der Waals surface area contributed by atoms with Gasteiger partial charge in [-0.3, -0.25) is 14.3 Å². The van der Waals surface area contributed by atoms with Crippen molar-refractivity contribution in [2.24, 2.45) is 5.92 Å². The molecule has 1 aromatic heterocycles. The van der Waals surface area contributed by atoms with Crippen LogP contribution in [0.2, 0.25) is 0 Å². The normalized spacial score (nSPS) is 15.5. The van der Waals surface area contributed by atoms with E-state index in [2.05, 4.69) is 26.7 Å². The Kier molecular flexibility index (Phi) is 6.02. The van der Waals surface area contributed by atoms with Gasteiger partial charge >= 0.3 is 0 Å². The summed E-state index contributed by atoms with van der Waals surface area (Å²) < 4.78 is 4.73. The summed E-state index contributed by atoms with van der Waals surface area (Å²) in [5.41, 5.74) is 2.04. The first kappa shape index (κ1) is 19.7. The average Bonchev–Trinajstić information content (AvgIpc) is 3.02. The fourth-order valence-corrected chi connectivity index (χ4v) is 4.25.